The Bertz CT molecular complexity index is 1440. The van der Waals surface area contributed by atoms with E-state index in [0.717, 1.165) is 22.4 Å². The van der Waals surface area contributed by atoms with E-state index in [2.05, 4.69) is 30.3 Å². The van der Waals surface area contributed by atoms with Crippen LogP contribution < -0.4 is 10.1 Å². The van der Waals surface area contributed by atoms with Crippen LogP contribution in [0.3, 0.4) is 0 Å². The number of hydrogen-bond donors (Lipinski definition) is 2. The summed E-state index contributed by atoms with van der Waals surface area (Å²) in [5, 5.41) is 10.4. The molecule has 0 aliphatic heterocycles. The molecule has 4 rings (SSSR count). The Morgan fingerprint density at radius 2 is 1.85 bits per heavy atom. The Labute approximate surface area is 227 Å². The summed E-state index contributed by atoms with van der Waals surface area (Å²) in [5.41, 5.74) is 3.07. The maximum atomic E-state index is 13.0. The van der Waals surface area contributed by atoms with Crippen molar-refractivity contribution in [2.75, 3.05) is 19.0 Å². The number of carbonyl (C=O) groups excluding carboxylic acids is 1. The molecule has 0 saturated heterocycles. The standard InChI is InChI=1S/C29H31N7O3/c1-29(2,3)39-28(37)36(19-21-9-7-6-8-10-21)14-13-20-11-12-22(24(15-20)38-5)23-16-25(35-34-23)33-27-18-31-26(30-4)17-32-27/h6-12,15-18H,13-14,19H2,1-3,5H3,(H2,32,33,34,35). The number of nitrogens with one attached hydrogen (secondary N) is 2. The predicted molar refractivity (Wildman–Crippen MR) is 149 cm³/mol. The Kier molecular flexibility index (Phi) is 8.41. The van der Waals surface area contributed by atoms with Crippen LogP contribution in [0.2, 0.25) is 0 Å². The van der Waals surface area contributed by atoms with Gasteiger partial charge in [0.15, 0.2) is 17.8 Å². The van der Waals surface area contributed by atoms with E-state index in [0.29, 0.717) is 36.9 Å². The van der Waals surface area contributed by atoms with Gasteiger partial charge in [-0.05, 0) is 50.5 Å². The zero-order valence-electron chi connectivity index (χ0n) is 22.4. The van der Waals surface area contributed by atoms with Crippen molar-refractivity contribution in [3.8, 4) is 17.0 Å². The van der Waals surface area contributed by atoms with Gasteiger partial charge in [0.1, 0.15) is 11.4 Å². The number of rotatable bonds is 9. The van der Waals surface area contributed by atoms with Crippen LogP contribution in [0.5, 0.6) is 5.75 Å². The molecule has 0 fully saturated rings. The van der Waals surface area contributed by atoms with Crippen molar-refractivity contribution in [2.45, 2.75) is 39.3 Å². The highest BCUT2D eigenvalue weighted by Gasteiger charge is 2.22. The van der Waals surface area contributed by atoms with E-state index in [1.165, 1.54) is 12.4 Å². The number of benzene rings is 2. The van der Waals surface area contributed by atoms with Crippen LogP contribution in [-0.2, 0) is 17.7 Å². The fourth-order valence-corrected chi connectivity index (χ4v) is 3.84. The zero-order valence-corrected chi connectivity index (χ0v) is 22.4. The van der Waals surface area contributed by atoms with E-state index in [-0.39, 0.29) is 11.9 Å². The van der Waals surface area contributed by atoms with E-state index in [1.54, 1.807) is 12.0 Å². The van der Waals surface area contributed by atoms with Crippen molar-refractivity contribution in [2.24, 2.45) is 0 Å². The second-order valence-electron chi connectivity index (χ2n) is 9.84. The van der Waals surface area contributed by atoms with Crippen molar-refractivity contribution in [3.63, 3.8) is 0 Å². The second-order valence-corrected chi connectivity index (χ2v) is 9.84. The summed E-state index contributed by atoms with van der Waals surface area (Å²) < 4.78 is 11.3. The second kappa shape index (κ2) is 12.1. The number of H-pyrrole nitrogens is 1. The normalized spacial score (nSPS) is 10.9. The number of ether oxygens (including phenoxy) is 2. The van der Waals surface area contributed by atoms with E-state index < -0.39 is 5.60 Å². The molecule has 0 aliphatic carbocycles. The summed E-state index contributed by atoms with van der Waals surface area (Å²) >= 11 is 0. The molecule has 200 valence electrons. The third-order valence-corrected chi connectivity index (χ3v) is 5.68. The van der Waals surface area contributed by atoms with Gasteiger partial charge in [0.05, 0.1) is 19.0 Å². The maximum absolute atomic E-state index is 13.0. The number of nitrogens with zero attached hydrogens (tertiary/aromatic N) is 5. The Morgan fingerprint density at radius 3 is 2.51 bits per heavy atom. The molecule has 0 unspecified atom stereocenters. The highest BCUT2D eigenvalue weighted by molar-refractivity contribution is 5.71. The van der Waals surface area contributed by atoms with E-state index in [4.69, 9.17) is 16.0 Å². The highest BCUT2D eigenvalue weighted by atomic mass is 16.6. The Balaban J connectivity index is 1.47. The molecule has 10 nitrogen and oxygen atoms in total. The van der Waals surface area contributed by atoms with Crippen LogP contribution in [-0.4, -0.2) is 50.4 Å². The molecule has 0 spiro atoms. The van der Waals surface area contributed by atoms with E-state index in [9.17, 15) is 4.79 Å². The number of anilines is 2. The van der Waals surface area contributed by atoms with Gasteiger partial charge in [0.25, 0.3) is 5.82 Å². The molecule has 4 aromatic rings. The minimum Gasteiger partial charge on any atom is -0.496 e. The molecule has 39 heavy (non-hydrogen) atoms. The van der Waals surface area contributed by atoms with Gasteiger partial charge in [-0.1, -0.05) is 43.0 Å². The lowest BCUT2D eigenvalue weighted by molar-refractivity contribution is 0.0236. The molecule has 0 atom stereocenters. The largest absolute Gasteiger partial charge is 0.496 e. The number of aromatic amines is 1. The first-order valence-electron chi connectivity index (χ1n) is 12.4. The van der Waals surface area contributed by atoms with Gasteiger partial charge < -0.3 is 24.5 Å². The predicted octanol–water partition coefficient (Wildman–Crippen LogP) is 6.15. The van der Waals surface area contributed by atoms with Crippen LogP contribution in [0.1, 0.15) is 31.9 Å². The fraction of sp³-hybridized carbons (Fsp3) is 0.276. The number of methoxy groups -OCH3 is 1. The van der Waals surface area contributed by atoms with Gasteiger partial charge in [-0.25, -0.2) is 9.78 Å². The number of hydrogen-bond acceptors (Lipinski definition) is 7. The van der Waals surface area contributed by atoms with Gasteiger partial charge in [-0.15, -0.1) is 4.98 Å². The highest BCUT2D eigenvalue weighted by Crippen LogP contribution is 2.31. The smallest absolute Gasteiger partial charge is 0.410 e. The number of aromatic nitrogens is 4. The molecule has 0 aliphatic rings. The third-order valence-electron chi connectivity index (χ3n) is 5.68. The minimum absolute atomic E-state index is 0.224. The van der Waals surface area contributed by atoms with Crippen molar-refractivity contribution in [3.05, 3.63) is 89.5 Å². The van der Waals surface area contributed by atoms with Crippen molar-refractivity contribution < 1.29 is 14.3 Å². The molecule has 2 aromatic carbocycles. The zero-order chi connectivity index (χ0) is 27.8. The number of carbonyl (C=O) groups is 1. The molecule has 0 radical (unpaired) electrons. The summed E-state index contributed by atoms with van der Waals surface area (Å²) in [5.74, 6) is 1.93. The third kappa shape index (κ3) is 7.55. The molecule has 1 amide bonds. The van der Waals surface area contributed by atoms with Crippen LogP contribution in [0, 0.1) is 6.57 Å². The first-order valence-corrected chi connectivity index (χ1v) is 12.4. The van der Waals surface area contributed by atoms with Crippen molar-refractivity contribution >= 4 is 23.5 Å². The Morgan fingerprint density at radius 1 is 1.05 bits per heavy atom. The summed E-state index contributed by atoms with van der Waals surface area (Å²) in [4.78, 5) is 26.1. The molecule has 2 N–H and O–H groups in total. The first-order chi connectivity index (χ1) is 18.7. The minimum atomic E-state index is -0.581. The van der Waals surface area contributed by atoms with Crippen molar-refractivity contribution in [1.82, 2.24) is 25.1 Å². The first kappa shape index (κ1) is 27.1. The van der Waals surface area contributed by atoms with Gasteiger partial charge in [0, 0.05) is 24.7 Å². The molecule has 0 saturated carbocycles. The molecule has 0 bridgehead atoms. The lowest BCUT2D eigenvalue weighted by Crippen LogP contribution is -2.37. The lowest BCUT2D eigenvalue weighted by Gasteiger charge is -2.27. The van der Waals surface area contributed by atoms with Gasteiger partial charge >= 0.3 is 6.09 Å². The monoisotopic (exact) mass is 525 g/mol. The molecular formula is C29H31N7O3. The SMILES string of the molecule is [C-]#[N+]c1cnc(Nc2cc(-c3ccc(CCN(Cc4ccccc4)C(=O)OC(C)(C)C)cc3OC)[nH]n2)cn1. The van der Waals surface area contributed by atoms with Gasteiger partial charge in [0.2, 0.25) is 0 Å². The molecule has 10 heteroatoms. The van der Waals surface area contributed by atoms with Crippen LogP contribution in [0.15, 0.2) is 67.0 Å². The topological polar surface area (TPSA) is 110 Å². The summed E-state index contributed by atoms with van der Waals surface area (Å²) in [7, 11) is 1.62. The van der Waals surface area contributed by atoms with Crippen LogP contribution in [0.25, 0.3) is 16.1 Å². The summed E-state index contributed by atoms with van der Waals surface area (Å²) in [6.07, 6.45) is 3.16. The lowest BCUT2D eigenvalue weighted by atomic mass is 10.0. The van der Waals surface area contributed by atoms with E-state index in [1.807, 2.05) is 75.4 Å². The summed E-state index contributed by atoms with van der Waals surface area (Å²) in [6, 6.07) is 17.6. The van der Waals surface area contributed by atoms with Crippen molar-refractivity contribution in [1.29, 1.82) is 0 Å². The molecular weight excluding hydrogens is 494 g/mol. The van der Waals surface area contributed by atoms with Crippen LogP contribution in [0.4, 0.5) is 22.2 Å². The quantitative estimate of drug-likeness (QED) is 0.252. The van der Waals surface area contributed by atoms with Gasteiger partial charge in [-0.2, -0.15) is 5.10 Å². The fourth-order valence-electron chi connectivity index (χ4n) is 3.84. The maximum Gasteiger partial charge on any atom is 0.410 e. The Hall–Kier alpha value is -4.91. The average Bonchev–Trinajstić information content (AvgIpc) is 3.39. The molecule has 2 heterocycles. The molecule has 2 aromatic heterocycles. The van der Waals surface area contributed by atoms with E-state index >= 15 is 0 Å². The number of amides is 1. The van der Waals surface area contributed by atoms with Crippen LogP contribution >= 0.6 is 0 Å². The van der Waals surface area contributed by atoms with Gasteiger partial charge in [-0.3, -0.25) is 5.10 Å². The average molecular weight is 526 g/mol. The summed E-state index contributed by atoms with van der Waals surface area (Å²) in [6.45, 7) is 13.5.